The summed E-state index contributed by atoms with van der Waals surface area (Å²) >= 11 is 0. The molecule has 0 spiro atoms. The number of fused-ring (bicyclic) bond motifs is 1. The number of nitrogens with one attached hydrogen (secondary N) is 2. The molecule has 2 N–H and O–H groups in total. The second kappa shape index (κ2) is 10.4. The summed E-state index contributed by atoms with van der Waals surface area (Å²) in [5.74, 6) is 2.44. The smallest absolute Gasteiger partial charge is 0.163 e. The van der Waals surface area contributed by atoms with Gasteiger partial charge in [-0.1, -0.05) is 30.3 Å². The predicted octanol–water partition coefficient (Wildman–Crippen LogP) is 6.47. The van der Waals surface area contributed by atoms with Gasteiger partial charge in [0.2, 0.25) is 0 Å². The Bertz CT molecular complexity index is 1280. The van der Waals surface area contributed by atoms with E-state index in [9.17, 15) is 4.79 Å². The van der Waals surface area contributed by atoms with Crippen LogP contribution in [0.2, 0.25) is 0 Å². The standard InChI is InChI=1S/C30H32N2O4/c1-4-35-27-15-12-20(18-28(27)36-5-2)30-29-25(31-23-8-6-7-9-24(23)32-30)16-21(17-26(29)33)19-10-13-22(34-3)14-11-19/h6-15,18,21,30-32H,4-5,16-17H2,1-3H3. The zero-order valence-electron chi connectivity index (χ0n) is 21.0. The van der Waals surface area contributed by atoms with E-state index in [1.54, 1.807) is 7.11 Å². The summed E-state index contributed by atoms with van der Waals surface area (Å²) in [6.07, 6.45) is 1.20. The molecule has 1 heterocycles. The molecule has 3 aromatic rings. The van der Waals surface area contributed by atoms with Crippen LogP contribution >= 0.6 is 0 Å². The fourth-order valence-electron chi connectivity index (χ4n) is 5.10. The Morgan fingerprint density at radius 1 is 0.833 bits per heavy atom. The van der Waals surface area contributed by atoms with E-state index >= 15 is 0 Å². The second-order valence-corrected chi connectivity index (χ2v) is 9.01. The molecule has 0 radical (unpaired) electrons. The monoisotopic (exact) mass is 484 g/mol. The van der Waals surface area contributed by atoms with Crippen LogP contribution in [0.3, 0.4) is 0 Å². The number of rotatable bonds is 7. The van der Waals surface area contributed by atoms with Crippen LogP contribution in [0.1, 0.15) is 49.8 Å². The van der Waals surface area contributed by atoms with Crippen molar-refractivity contribution in [2.24, 2.45) is 0 Å². The molecule has 0 amide bonds. The van der Waals surface area contributed by atoms with E-state index < -0.39 is 0 Å². The van der Waals surface area contributed by atoms with Crippen molar-refractivity contribution in [3.63, 3.8) is 0 Å². The molecule has 1 aliphatic heterocycles. The molecule has 186 valence electrons. The molecule has 3 aromatic carbocycles. The lowest BCUT2D eigenvalue weighted by molar-refractivity contribution is -0.116. The number of anilines is 2. The number of allylic oxidation sites excluding steroid dienone is 1. The van der Waals surface area contributed by atoms with Crippen molar-refractivity contribution < 1.29 is 19.0 Å². The van der Waals surface area contributed by atoms with Gasteiger partial charge in [0.15, 0.2) is 17.3 Å². The minimum Gasteiger partial charge on any atom is -0.497 e. The van der Waals surface area contributed by atoms with Crippen LogP contribution in [0, 0.1) is 0 Å². The van der Waals surface area contributed by atoms with Crippen molar-refractivity contribution in [3.8, 4) is 17.2 Å². The van der Waals surface area contributed by atoms with E-state index in [1.807, 2.05) is 68.4 Å². The van der Waals surface area contributed by atoms with Crippen LogP contribution in [-0.4, -0.2) is 26.1 Å². The molecule has 5 rings (SSSR count). The summed E-state index contributed by atoms with van der Waals surface area (Å²) < 4.78 is 17.0. The fraction of sp³-hybridized carbons (Fsp3) is 0.300. The average Bonchev–Trinajstić information content (AvgIpc) is 3.07. The van der Waals surface area contributed by atoms with Crippen molar-refractivity contribution in [2.45, 2.75) is 38.6 Å². The largest absolute Gasteiger partial charge is 0.497 e. The quantitative estimate of drug-likeness (QED) is 0.400. The minimum absolute atomic E-state index is 0.0971. The molecule has 6 nitrogen and oxygen atoms in total. The predicted molar refractivity (Wildman–Crippen MR) is 142 cm³/mol. The van der Waals surface area contributed by atoms with Crippen molar-refractivity contribution in [3.05, 3.63) is 89.1 Å². The van der Waals surface area contributed by atoms with Crippen LogP contribution in [0.15, 0.2) is 78.0 Å². The summed E-state index contributed by atoms with van der Waals surface area (Å²) in [5, 5.41) is 7.24. The average molecular weight is 485 g/mol. The van der Waals surface area contributed by atoms with E-state index in [2.05, 4.69) is 22.8 Å². The summed E-state index contributed by atoms with van der Waals surface area (Å²) in [4.78, 5) is 13.8. The molecule has 0 saturated carbocycles. The number of benzene rings is 3. The zero-order valence-corrected chi connectivity index (χ0v) is 21.0. The lowest BCUT2D eigenvalue weighted by Crippen LogP contribution is -2.27. The molecule has 0 saturated heterocycles. The highest BCUT2D eigenvalue weighted by molar-refractivity contribution is 6.01. The lowest BCUT2D eigenvalue weighted by Gasteiger charge is -2.30. The third-order valence-electron chi connectivity index (χ3n) is 6.80. The number of carbonyl (C=O) groups is 1. The van der Waals surface area contributed by atoms with E-state index in [4.69, 9.17) is 14.2 Å². The first-order chi connectivity index (χ1) is 17.6. The van der Waals surface area contributed by atoms with Gasteiger partial charge in [-0.15, -0.1) is 0 Å². The summed E-state index contributed by atoms with van der Waals surface area (Å²) in [7, 11) is 1.66. The highest BCUT2D eigenvalue weighted by atomic mass is 16.5. The molecule has 2 unspecified atom stereocenters. The van der Waals surface area contributed by atoms with Gasteiger partial charge < -0.3 is 24.8 Å². The number of Topliss-reactive ketones (excluding diaryl/α,β-unsaturated/α-hetero) is 1. The van der Waals surface area contributed by atoms with Gasteiger partial charge in [-0.25, -0.2) is 0 Å². The van der Waals surface area contributed by atoms with Crippen LogP contribution in [0.4, 0.5) is 11.4 Å². The second-order valence-electron chi connectivity index (χ2n) is 9.01. The number of hydrogen-bond acceptors (Lipinski definition) is 6. The summed E-state index contributed by atoms with van der Waals surface area (Å²) in [5.41, 5.74) is 5.76. The Morgan fingerprint density at radius 2 is 1.53 bits per heavy atom. The molecule has 0 bridgehead atoms. The van der Waals surface area contributed by atoms with Crippen LogP contribution in [-0.2, 0) is 4.79 Å². The first-order valence-corrected chi connectivity index (χ1v) is 12.5. The maximum absolute atomic E-state index is 13.8. The number of ketones is 1. The van der Waals surface area contributed by atoms with E-state index in [0.29, 0.717) is 31.1 Å². The molecular weight excluding hydrogens is 452 g/mol. The molecule has 0 aromatic heterocycles. The zero-order chi connectivity index (χ0) is 25.1. The van der Waals surface area contributed by atoms with E-state index in [-0.39, 0.29) is 17.7 Å². The summed E-state index contributed by atoms with van der Waals surface area (Å²) in [6, 6.07) is 21.8. The third-order valence-corrected chi connectivity index (χ3v) is 6.80. The van der Waals surface area contributed by atoms with Crippen molar-refractivity contribution >= 4 is 17.2 Å². The first-order valence-electron chi connectivity index (χ1n) is 12.5. The molecule has 2 atom stereocenters. The fourth-order valence-corrected chi connectivity index (χ4v) is 5.10. The van der Waals surface area contributed by atoms with Gasteiger partial charge in [-0.05, 0) is 73.7 Å². The van der Waals surface area contributed by atoms with Crippen LogP contribution in [0.25, 0.3) is 0 Å². The molecule has 36 heavy (non-hydrogen) atoms. The molecule has 0 fully saturated rings. The Labute approximate surface area is 212 Å². The van der Waals surface area contributed by atoms with Gasteiger partial charge in [-0.2, -0.15) is 0 Å². The van der Waals surface area contributed by atoms with Crippen LogP contribution in [0.5, 0.6) is 17.2 Å². The first kappa shape index (κ1) is 23.8. The Morgan fingerprint density at radius 3 is 2.25 bits per heavy atom. The number of para-hydroxylation sites is 2. The highest BCUT2D eigenvalue weighted by Gasteiger charge is 2.36. The van der Waals surface area contributed by atoms with Gasteiger partial charge in [0.1, 0.15) is 5.75 Å². The SMILES string of the molecule is CCOc1ccc(C2Nc3ccccc3NC3=C2C(=O)CC(c2ccc(OC)cc2)C3)cc1OCC. The number of carbonyl (C=O) groups excluding carboxylic acids is 1. The van der Waals surface area contributed by atoms with Gasteiger partial charge in [0.05, 0.1) is 37.7 Å². The number of methoxy groups -OCH3 is 1. The van der Waals surface area contributed by atoms with Gasteiger partial charge >= 0.3 is 0 Å². The van der Waals surface area contributed by atoms with Crippen molar-refractivity contribution in [1.82, 2.24) is 0 Å². The van der Waals surface area contributed by atoms with Gasteiger partial charge in [-0.3, -0.25) is 4.79 Å². The maximum Gasteiger partial charge on any atom is 0.163 e. The highest BCUT2D eigenvalue weighted by Crippen LogP contribution is 2.45. The van der Waals surface area contributed by atoms with Crippen molar-refractivity contribution in [2.75, 3.05) is 31.0 Å². The molecule has 2 aliphatic rings. The van der Waals surface area contributed by atoms with Crippen molar-refractivity contribution in [1.29, 1.82) is 0 Å². The van der Waals surface area contributed by atoms with E-state index in [1.165, 1.54) is 0 Å². The molecule has 1 aliphatic carbocycles. The molecule has 6 heteroatoms. The van der Waals surface area contributed by atoms with Gasteiger partial charge in [0, 0.05) is 17.7 Å². The van der Waals surface area contributed by atoms with Crippen LogP contribution < -0.4 is 24.8 Å². The third kappa shape index (κ3) is 4.63. The Hall–Kier alpha value is -3.93. The van der Waals surface area contributed by atoms with Gasteiger partial charge in [0.25, 0.3) is 0 Å². The Kier molecular flexibility index (Phi) is 6.85. The molecular formula is C30H32N2O4. The number of ether oxygens (including phenoxy) is 3. The topological polar surface area (TPSA) is 68.8 Å². The lowest BCUT2D eigenvalue weighted by atomic mass is 9.78. The van der Waals surface area contributed by atoms with E-state index in [0.717, 1.165) is 45.9 Å². The Balaban J connectivity index is 1.57. The normalized spacial score (nSPS) is 18.8. The minimum atomic E-state index is -0.310. The number of hydrogen-bond donors (Lipinski definition) is 2. The summed E-state index contributed by atoms with van der Waals surface area (Å²) in [6.45, 7) is 4.99. The maximum atomic E-state index is 13.8.